The van der Waals surface area contributed by atoms with Gasteiger partial charge in [-0.2, -0.15) is 0 Å². The van der Waals surface area contributed by atoms with Gasteiger partial charge in [-0.05, 0) is 49.1 Å². The van der Waals surface area contributed by atoms with Gasteiger partial charge in [0, 0.05) is 16.3 Å². The van der Waals surface area contributed by atoms with Crippen molar-refractivity contribution in [2.45, 2.75) is 25.0 Å². The number of amides is 1. The molecular weight excluding hydrogens is 392 g/mol. The van der Waals surface area contributed by atoms with Crippen LogP contribution in [0, 0.1) is 6.92 Å². The van der Waals surface area contributed by atoms with Crippen molar-refractivity contribution in [1.29, 1.82) is 0 Å². The van der Waals surface area contributed by atoms with E-state index in [1.54, 1.807) is 18.4 Å². The predicted octanol–water partition coefficient (Wildman–Crippen LogP) is 4.23. The van der Waals surface area contributed by atoms with E-state index in [0.717, 1.165) is 32.7 Å². The first-order chi connectivity index (χ1) is 13.6. The van der Waals surface area contributed by atoms with Gasteiger partial charge in [0.15, 0.2) is 10.8 Å². The third kappa shape index (κ3) is 3.57. The predicted molar refractivity (Wildman–Crippen MR) is 113 cm³/mol. The van der Waals surface area contributed by atoms with E-state index in [0.29, 0.717) is 5.16 Å². The molecule has 28 heavy (non-hydrogen) atoms. The van der Waals surface area contributed by atoms with E-state index in [1.165, 1.54) is 11.8 Å². The molecule has 1 N–H and O–H groups in total. The maximum Gasteiger partial charge on any atom is 0.230 e. The molecule has 6 nitrogen and oxygen atoms in total. The van der Waals surface area contributed by atoms with E-state index in [9.17, 15) is 4.79 Å². The van der Waals surface area contributed by atoms with Gasteiger partial charge in [0.25, 0.3) is 0 Å². The number of fused-ring (bicyclic) bond motifs is 3. The zero-order valence-corrected chi connectivity index (χ0v) is 17.4. The number of thioether (sulfide) groups is 1. The van der Waals surface area contributed by atoms with Crippen LogP contribution in [0.1, 0.15) is 23.4 Å². The van der Waals surface area contributed by atoms with Crippen LogP contribution in [0.2, 0.25) is 0 Å². The third-order valence-electron chi connectivity index (χ3n) is 4.55. The second kappa shape index (κ2) is 7.81. The minimum atomic E-state index is -0.0309. The Bertz CT molecular complexity index is 1140. The molecule has 144 valence electrons. The quantitative estimate of drug-likeness (QED) is 0.480. The van der Waals surface area contributed by atoms with Crippen LogP contribution in [0.4, 0.5) is 0 Å². The molecular formula is C20H20N4O2S2. The maximum atomic E-state index is 12.4. The molecule has 0 radical (unpaired) electrons. The van der Waals surface area contributed by atoms with Gasteiger partial charge in [0.2, 0.25) is 5.91 Å². The van der Waals surface area contributed by atoms with Crippen LogP contribution in [0.5, 0.6) is 5.75 Å². The maximum absolute atomic E-state index is 12.4. The second-order valence-corrected chi connectivity index (χ2v) is 8.40. The smallest absolute Gasteiger partial charge is 0.230 e. The highest BCUT2D eigenvalue weighted by Crippen LogP contribution is 2.28. The highest BCUT2D eigenvalue weighted by molar-refractivity contribution is 7.99. The largest absolute Gasteiger partial charge is 0.497 e. The molecule has 0 saturated carbocycles. The molecule has 3 heterocycles. The fourth-order valence-corrected chi connectivity index (χ4v) is 4.64. The molecule has 3 aromatic heterocycles. The van der Waals surface area contributed by atoms with Crippen molar-refractivity contribution in [2.75, 3.05) is 12.9 Å². The Morgan fingerprint density at radius 3 is 2.93 bits per heavy atom. The van der Waals surface area contributed by atoms with Crippen LogP contribution in [-0.2, 0) is 4.79 Å². The Balaban J connectivity index is 1.59. The first kappa shape index (κ1) is 18.8. The highest BCUT2D eigenvalue weighted by Gasteiger charge is 2.15. The van der Waals surface area contributed by atoms with Crippen molar-refractivity contribution >= 4 is 45.6 Å². The number of aryl methyl sites for hydroxylation is 1. The van der Waals surface area contributed by atoms with Crippen LogP contribution in [0.15, 0.2) is 46.9 Å². The molecule has 1 atom stereocenters. The average Bonchev–Trinajstić information content (AvgIpc) is 3.36. The number of aromatic nitrogens is 3. The molecule has 0 bridgehead atoms. The molecule has 1 aromatic carbocycles. The van der Waals surface area contributed by atoms with Crippen molar-refractivity contribution in [1.82, 2.24) is 19.9 Å². The molecule has 0 aliphatic carbocycles. The number of ether oxygens (including phenoxy) is 1. The Morgan fingerprint density at radius 1 is 1.32 bits per heavy atom. The molecule has 0 spiro atoms. The molecule has 0 aliphatic heterocycles. The second-order valence-electron chi connectivity index (χ2n) is 6.48. The average molecular weight is 413 g/mol. The summed E-state index contributed by atoms with van der Waals surface area (Å²) < 4.78 is 7.36. The van der Waals surface area contributed by atoms with E-state index in [2.05, 4.69) is 22.4 Å². The topological polar surface area (TPSA) is 68.5 Å². The van der Waals surface area contributed by atoms with E-state index in [-0.39, 0.29) is 17.7 Å². The number of carbonyl (C=O) groups excluding carboxylic acids is 1. The van der Waals surface area contributed by atoms with Crippen LogP contribution in [0.3, 0.4) is 0 Å². The van der Waals surface area contributed by atoms with E-state index in [4.69, 9.17) is 4.74 Å². The molecule has 0 saturated heterocycles. The van der Waals surface area contributed by atoms with Crippen molar-refractivity contribution in [3.8, 4) is 5.75 Å². The SMILES string of the molecule is COc1ccc2c(C)cc3nnc(SCC(=O)NC(C)c4cccs4)n3c2c1. The molecule has 1 amide bonds. The van der Waals surface area contributed by atoms with Gasteiger partial charge in [-0.3, -0.25) is 9.20 Å². The standard InChI is InChI=1S/C20H20N4O2S2/c1-12-9-18-22-23-20(24(18)16-10-14(26-3)6-7-15(12)16)28-11-19(25)21-13(2)17-5-4-8-27-17/h4-10,13H,11H2,1-3H3,(H,21,25). The number of carbonyl (C=O) groups is 1. The number of pyridine rings is 1. The van der Waals surface area contributed by atoms with Crippen molar-refractivity contribution in [2.24, 2.45) is 0 Å². The Kier molecular flexibility index (Phi) is 5.23. The van der Waals surface area contributed by atoms with Crippen LogP contribution >= 0.6 is 23.1 Å². The summed E-state index contributed by atoms with van der Waals surface area (Å²) in [5, 5.41) is 15.4. The molecule has 4 aromatic rings. The lowest BCUT2D eigenvalue weighted by Gasteiger charge is -2.12. The minimum absolute atomic E-state index is 0.00372. The molecule has 4 rings (SSSR count). The number of methoxy groups -OCH3 is 1. The van der Waals surface area contributed by atoms with E-state index < -0.39 is 0 Å². The lowest BCUT2D eigenvalue weighted by molar-refractivity contribution is -0.119. The Labute approximate surface area is 170 Å². The molecule has 8 heteroatoms. The van der Waals surface area contributed by atoms with Gasteiger partial charge in [-0.1, -0.05) is 17.8 Å². The zero-order valence-electron chi connectivity index (χ0n) is 15.8. The number of hydrogen-bond acceptors (Lipinski definition) is 6. The first-order valence-corrected chi connectivity index (χ1v) is 10.7. The first-order valence-electron chi connectivity index (χ1n) is 8.85. The lowest BCUT2D eigenvalue weighted by Crippen LogP contribution is -2.27. The number of nitrogens with zero attached hydrogens (tertiary/aromatic N) is 3. The summed E-state index contributed by atoms with van der Waals surface area (Å²) in [6.45, 7) is 4.04. The molecule has 1 unspecified atom stereocenters. The van der Waals surface area contributed by atoms with E-state index >= 15 is 0 Å². The molecule has 0 fully saturated rings. The highest BCUT2D eigenvalue weighted by atomic mass is 32.2. The Hall–Kier alpha value is -2.58. The summed E-state index contributed by atoms with van der Waals surface area (Å²) in [5.41, 5.74) is 2.85. The number of thiophene rings is 1. The van der Waals surface area contributed by atoms with Crippen molar-refractivity contribution < 1.29 is 9.53 Å². The van der Waals surface area contributed by atoms with Crippen molar-refractivity contribution in [3.05, 3.63) is 52.2 Å². The summed E-state index contributed by atoms with van der Waals surface area (Å²) >= 11 is 3.02. The lowest BCUT2D eigenvalue weighted by atomic mass is 10.1. The van der Waals surface area contributed by atoms with E-state index in [1.807, 2.05) is 53.1 Å². The fraction of sp³-hybridized carbons (Fsp3) is 0.250. The number of benzene rings is 1. The summed E-state index contributed by atoms with van der Waals surface area (Å²) in [5.74, 6) is 1.01. The third-order valence-corrected chi connectivity index (χ3v) is 6.54. The van der Waals surface area contributed by atoms with Gasteiger partial charge in [-0.15, -0.1) is 21.5 Å². The zero-order chi connectivity index (χ0) is 19.7. The van der Waals surface area contributed by atoms with Gasteiger partial charge in [0.1, 0.15) is 5.75 Å². The van der Waals surface area contributed by atoms with Crippen LogP contribution < -0.4 is 10.1 Å². The van der Waals surface area contributed by atoms with Gasteiger partial charge >= 0.3 is 0 Å². The fourth-order valence-electron chi connectivity index (χ4n) is 3.15. The monoisotopic (exact) mass is 412 g/mol. The number of rotatable bonds is 6. The van der Waals surface area contributed by atoms with Crippen LogP contribution in [0.25, 0.3) is 16.6 Å². The summed E-state index contributed by atoms with van der Waals surface area (Å²) in [6, 6.07) is 12.0. The summed E-state index contributed by atoms with van der Waals surface area (Å²) in [7, 11) is 1.65. The Morgan fingerprint density at radius 2 is 2.18 bits per heavy atom. The normalized spacial score (nSPS) is 12.4. The minimum Gasteiger partial charge on any atom is -0.497 e. The van der Waals surface area contributed by atoms with Crippen LogP contribution in [-0.4, -0.2) is 33.4 Å². The summed E-state index contributed by atoms with van der Waals surface area (Å²) in [6.07, 6.45) is 0. The van der Waals surface area contributed by atoms with Gasteiger partial charge in [-0.25, -0.2) is 0 Å². The number of nitrogens with one attached hydrogen (secondary N) is 1. The molecule has 0 aliphatic rings. The van der Waals surface area contributed by atoms with Crippen molar-refractivity contribution in [3.63, 3.8) is 0 Å². The van der Waals surface area contributed by atoms with Gasteiger partial charge in [0.05, 0.1) is 24.4 Å². The summed E-state index contributed by atoms with van der Waals surface area (Å²) in [4.78, 5) is 13.5. The van der Waals surface area contributed by atoms with Gasteiger partial charge < -0.3 is 10.1 Å². The number of hydrogen-bond donors (Lipinski definition) is 1.